The quantitative estimate of drug-likeness (QED) is 0.343. The zero-order chi connectivity index (χ0) is 22.6. The van der Waals surface area contributed by atoms with Gasteiger partial charge in [0, 0.05) is 30.2 Å². The molecule has 5 rings (SSSR count). The van der Waals surface area contributed by atoms with Crippen LogP contribution in [0, 0.1) is 0 Å². The Balaban J connectivity index is 1.59. The second kappa shape index (κ2) is 9.57. The number of thiophene rings is 1. The summed E-state index contributed by atoms with van der Waals surface area (Å²) in [5, 5.41) is 25.3. The lowest BCUT2D eigenvalue weighted by Crippen LogP contribution is -2.31. The van der Waals surface area contributed by atoms with E-state index < -0.39 is 0 Å². The number of nitrogens with zero attached hydrogens (tertiary/aromatic N) is 4. The SMILES string of the molecule is OCCN(CCO)c1nc(NCc2ccccn2)c2c(-c3ccc4c(c3)OCO4)csc2n1. The molecule has 1 aliphatic rings. The van der Waals surface area contributed by atoms with Gasteiger partial charge in [0.2, 0.25) is 12.7 Å². The van der Waals surface area contributed by atoms with Gasteiger partial charge in [-0.15, -0.1) is 11.3 Å². The molecule has 0 spiro atoms. The highest BCUT2D eigenvalue weighted by atomic mass is 32.1. The van der Waals surface area contributed by atoms with E-state index in [-0.39, 0.29) is 20.0 Å². The molecule has 0 amide bonds. The summed E-state index contributed by atoms with van der Waals surface area (Å²) >= 11 is 1.52. The number of nitrogens with one attached hydrogen (secondary N) is 1. The number of rotatable bonds is 9. The molecule has 1 aromatic carbocycles. The Hall–Kier alpha value is -3.47. The van der Waals surface area contributed by atoms with Gasteiger partial charge in [-0.3, -0.25) is 4.98 Å². The number of pyridine rings is 1. The molecule has 3 aromatic heterocycles. The van der Waals surface area contributed by atoms with Crippen LogP contribution >= 0.6 is 11.3 Å². The zero-order valence-electron chi connectivity index (χ0n) is 17.8. The lowest BCUT2D eigenvalue weighted by Gasteiger charge is -2.21. The number of hydrogen-bond donors (Lipinski definition) is 3. The molecule has 1 aliphatic heterocycles. The van der Waals surface area contributed by atoms with Crippen molar-refractivity contribution in [3.05, 3.63) is 53.7 Å². The van der Waals surface area contributed by atoms with Crippen molar-refractivity contribution in [1.82, 2.24) is 15.0 Å². The first-order chi connectivity index (χ1) is 16.3. The van der Waals surface area contributed by atoms with E-state index in [2.05, 4.69) is 15.7 Å². The molecular formula is C23H23N5O4S. The minimum atomic E-state index is -0.0645. The standard InChI is InChI=1S/C23H23N5O4S/c29-9-7-28(8-10-30)23-26-21(25-12-16-3-1-2-6-24-16)20-17(13-33-22(20)27-23)15-4-5-18-19(11-15)32-14-31-18/h1-6,11,13,29-30H,7-10,12,14H2,(H,25,26,27). The van der Waals surface area contributed by atoms with Crippen molar-refractivity contribution in [2.75, 3.05) is 43.3 Å². The van der Waals surface area contributed by atoms with Crippen molar-refractivity contribution < 1.29 is 19.7 Å². The predicted octanol–water partition coefficient (Wildman–Crippen LogP) is 2.89. The van der Waals surface area contributed by atoms with E-state index in [0.29, 0.717) is 37.1 Å². The first kappa shape index (κ1) is 21.4. The van der Waals surface area contributed by atoms with Crippen LogP contribution in [-0.2, 0) is 6.54 Å². The maximum Gasteiger partial charge on any atom is 0.231 e. The number of hydrogen-bond acceptors (Lipinski definition) is 10. The Bertz CT molecular complexity index is 1240. The Morgan fingerprint density at radius 1 is 1.03 bits per heavy atom. The molecule has 33 heavy (non-hydrogen) atoms. The highest BCUT2D eigenvalue weighted by Crippen LogP contribution is 2.42. The largest absolute Gasteiger partial charge is 0.454 e. The Labute approximate surface area is 194 Å². The Morgan fingerprint density at radius 2 is 1.88 bits per heavy atom. The summed E-state index contributed by atoms with van der Waals surface area (Å²) in [6.07, 6.45) is 1.75. The molecule has 170 valence electrons. The Morgan fingerprint density at radius 3 is 2.67 bits per heavy atom. The van der Waals surface area contributed by atoms with Gasteiger partial charge in [-0.25, -0.2) is 4.98 Å². The first-order valence-electron chi connectivity index (χ1n) is 10.6. The van der Waals surface area contributed by atoms with Crippen LogP contribution in [0.15, 0.2) is 48.0 Å². The molecule has 9 nitrogen and oxygen atoms in total. The molecule has 0 atom stereocenters. The predicted molar refractivity (Wildman–Crippen MR) is 127 cm³/mol. The van der Waals surface area contributed by atoms with Gasteiger partial charge in [0.25, 0.3) is 0 Å². The van der Waals surface area contributed by atoms with Gasteiger partial charge in [0.1, 0.15) is 10.6 Å². The van der Waals surface area contributed by atoms with Crippen molar-refractivity contribution in [3.8, 4) is 22.6 Å². The molecule has 4 aromatic rings. The monoisotopic (exact) mass is 465 g/mol. The van der Waals surface area contributed by atoms with Crippen molar-refractivity contribution in [2.45, 2.75) is 6.54 Å². The first-order valence-corrected chi connectivity index (χ1v) is 11.4. The average Bonchev–Trinajstić information content (AvgIpc) is 3.49. The molecule has 4 heterocycles. The number of benzene rings is 1. The summed E-state index contributed by atoms with van der Waals surface area (Å²) in [7, 11) is 0. The summed E-state index contributed by atoms with van der Waals surface area (Å²) in [5.41, 5.74) is 2.85. The summed E-state index contributed by atoms with van der Waals surface area (Å²) < 4.78 is 11.0. The fraction of sp³-hybridized carbons (Fsp3) is 0.261. The summed E-state index contributed by atoms with van der Waals surface area (Å²) in [4.78, 5) is 16.5. The van der Waals surface area contributed by atoms with E-state index >= 15 is 0 Å². The lowest BCUT2D eigenvalue weighted by molar-refractivity contribution is 0.174. The van der Waals surface area contributed by atoms with E-state index in [9.17, 15) is 10.2 Å². The maximum absolute atomic E-state index is 9.47. The van der Waals surface area contributed by atoms with Crippen LogP contribution < -0.4 is 19.7 Å². The second-order valence-corrected chi connectivity index (χ2v) is 8.24. The smallest absolute Gasteiger partial charge is 0.231 e. The number of aliphatic hydroxyl groups is 2. The van der Waals surface area contributed by atoms with Crippen LogP contribution in [0.3, 0.4) is 0 Å². The summed E-state index contributed by atoms with van der Waals surface area (Å²) in [6, 6.07) is 11.6. The lowest BCUT2D eigenvalue weighted by atomic mass is 10.1. The van der Waals surface area contributed by atoms with Gasteiger partial charge in [0.05, 0.1) is 30.8 Å². The average molecular weight is 466 g/mol. The number of aromatic nitrogens is 3. The van der Waals surface area contributed by atoms with Gasteiger partial charge >= 0.3 is 0 Å². The number of fused-ring (bicyclic) bond motifs is 2. The van der Waals surface area contributed by atoms with Crippen LogP contribution in [-0.4, -0.2) is 58.3 Å². The summed E-state index contributed by atoms with van der Waals surface area (Å²) in [6.45, 7) is 1.23. The van der Waals surface area contributed by atoms with E-state index in [1.54, 1.807) is 11.1 Å². The molecule has 0 saturated carbocycles. The third-order valence-electron chi connectivity index (χ3n) is 5.29. The normalized spacial score (nSPS) is 12.3. The highest BCUT2D eigenvalue weighted by molar-refractivity contribution is 7.17. The van der Waals surface area contributed by atoms with Gasteiger partial charge in [-0.1, -0.05) is 12.1 Å². The van der Waals surface area contributed by atoms with Crippen molar-refractivity contribution in [1.29, 1.82) is 0 Å². The highest BCUT2D eigenvalue weighted by Gasteiger charge is 2.20. The number of ether oxygens (including phenoxy) is 2. The fourth-order valence-corrected chi connectivity index (χ4v) is 4.65. The van der Waals surface area contributed by atoms with Crippen LogP contribution in [0.25, 0.3) is 21.3 Å². The zero-order valence-corrected chi connectivity index (χ0v) is 18.6. The van der Waals surface area contributed by atoms with Gasteiger partial charge in [-0.2, -0.15) is 4.98 Å². The van der Waals surface area contributed by atoms with Crippen molar-refractivity contribution >= 4 is 33.3 Å². The molecule has 0 bridgehead atoms. The minimum Gasteiger partial charge on any atom is -0.454 e. The fourth-order valence-electron chi connectivity index (χ4n) is 3.71. The van der Waals surface area contributed by atoms with E-state index in [1.807, 2.05) is 36.4 Å². The number of anilines is 2. The molecule has 0 saturated heterocycles. The third-order valence-corrected chi connectivity index (χ3v) is 6.16. The van der Waals surface area contributed by atoms with Crippen molar-refractivity contribution in [2.24, 2.45) is 0 Å². The maximum atomic E-state index is 9.47. The summed E-state index contributed by atoms with van der Waals surface area (Å²) in [5.74, 6) is 2.56. The molecule has 10 heteroatoms. The molecule has 0 unspecified atom stereocenters. The minimum absolute atomic E-state index is 0.0645. The van der Waals surface area contributed by atoms with Crippen LogP contribution in [0.2, 0.25) is 0 Å². The van der Waals surface area contributed by atoms with Gasteiger partial charge < -0.3 is 29.9 Å². The third kappa shape index (κ3) is 4.40. The van der Waals surface area contributed by atoms with Gasteiger partial charge in [0.15, 0.2) is 11.5 Å². The molecule has 0 radical (unpaired) electrons. The van der Waals surface area contributed by atoms with Crippen LogP contribution in [0.4, 0.5) is 11.8 Å². The van der Waals surface area contributed by atoms with Crippen LogP contribution in [0.1, 0.15) is 5.69 Å². The van der Waals surface area contributed by atoms with E-state index in [4.69, 9.17) is 19.4 Å². The molecule has 0 aliphatic carbocycles. The van der Waals surface area contributed by atoms with E-state index in [1.165, 1.54) is 11.3 Å². The molecular weight excluding hydrogens is 442 g/mol. The Kier molecular flexibility index (Phi) is 6.20. The van der Waals surface area contributed by atoms with Gasteiger partial charge in [-0.05, 0) is 29.8 Å². The van der Waals surface area contributed by atoms with E-state index in [0.717, 1.165) is 32.8 Å². The second-order valence-electron chi connectivity index (χ2n) is 7.38. The number of aliphatic hydroxyl groups excluding tert-OH is 2. The molecule has 3 N–H and O–H groups in total. The van der Waals surface area contributed by atoms with Crippen LogP contribution in [0.5, 0.6) is 11.5 Å². The topological polar surface area (TPSA) is 113 Å². The van der Waals surface area contributed by atoms with Crippen molar-refractivity contribution in [3.63, 3.8) is 0 Å². The molecule has 0 fully saturated rings.